The normalized spacial score (nSPS) is 16.8. The van der Waals surface area contributed by atoms with Crippen LogP contribution in [-0.4, -0.2) is 54.7 Å². The van der Waals surface area contributed by atoms with Crippen molar-refractivity contribution in [1.29, 1.82) is 0 Å². The average molecular weight is 563 g/mol. The number of thioether (sulfide) groups is 1. The molecule has 0 bridgehead atoms. The summed E-state index contributed by atoms with van der Waals surface area (Å²) in [4.78, 5) is 20.7. The second-order valence-electron chi connectivity index (χ2n) is 12.5. The Kier molecular flexibility index (Phi) is 8.26. The fourth-order valence-electron chi connectivity index (χ4n) is 5.02. The van der Waals surface area contributed by atoms with E-state index in [2.05, 4.69) is 77.7 Å². The Morgan fingerprint density at radius 1 is 1.13 bits per heavy atom. The van der Waals surface area contributed by atoms with Crippen LogP contribution in [0.5, 0.6) is 5.75 Å². The number of likely N-dealkylation sites (tertiary alicyclic amines) is 1. The van der Waals surface area contributed by atoms with Crippen molar-refractivity contribution in [3.05, 3.63) is 64.8 Å². The molecule has 3 aromatic rings. The molecule has 39 heavy (non-hydrogen) atoms. The maximum atomic E-state index is 12.9. The highest BCUT2D eigenvalue weighted by atomic mass is 32.2. The van der Waals surface area contributed by atoms with Crippen molar-refractivity contribution in [2.75, 3.05) is 26.2 Å². The number of nitrogens with zero attached hydrogens (tertiary/aromatic N) is 3. The van der Waals surface area contributed by atoms with Crippen LogP contribution in [-0.2, 0) is 11.2 Å². The zero-order valence-electron chi connectivity index (χ0n) is 24.0. The maximum absolute atomic E-state index is 12.9. The molecule has 6 nitrogen and oxygen atoms in total. The fraction of sp³-hybridized carbons (Fsp3) is 0.484. The summed E-state index contributed by atoms with van der Waals surface area (Å²) in [5.41, 5.74) is 3.26. The maximum Gasteiger partial charge on any atom is 0.258 e. The lowest BCUT2D eigenvalue weighted by Crippen LogP contribution is -2.43. The third-order valence-electron chi connectivity index (χ3n) is 8.54. The number of benzene rings is 1. The van der Waals surface area contributed by atoms with Crippen LogP contribution in [0.3, 0.4) is 0 Å². The highest BCUT2D eigenvalue weighted by Crippen LogP contribution is 2.37. The highest BCUT2D eigenvalue weighted by molar-refractivity contribution is 8.04. The number of pyridine rings is 1. The average Bonchev–Trinajstić information content (AvgIpc) is 3.32. The number of aromatic nitrogens is 2. The van der Waals surface area contributed by atoms with E-state index in [9.17, 15) is 4.79 Å². The molecule has 0 atom stereocenters. The Labute approximate surface area is 238 Å². The highest BCUT2D eigenvalue weighted by Gasteiger charge is 2.38. The van der Waals surface area contributed by atoms with Gasteiger partial charge in [0, 0.05) is 6.54 Å². The third kappa shape index (κ3) is 6.61. The molecule has 1 amide bonds. The minimum Gasteiger partial charge on any atom is -0.544 e. The summed E-state index contributed by atoms with van der Waals surface area (Å²) in [6.45, 7) is 15.5. The Balaban J connectivity index is 1.01. The van der Waals surface area contributed by atoms with Crippen molar-refractivity contribution in [2.45, 2.75) is 69.6 Å². The number of hydrogen-bond donors (Lipinski definition) is 1. The van der Waals surface area contributed by atoms with Crippen LogP contribution in [0.15, 0.2) is 58.6 Å². The lowest BCUT2D eigenvalue weighted by atomic mass is 9.96. The first kappa shape index (κ1) is 28.0. The van der Waals surface area contributed by atoms with Crippen LogP contribution in [0.25, 0.3) is 11.7 Å². The number of hydrogen-bond acceptors (Lipinski definition) is 5. The Morgan fingerprint density at radius 2 is 1.87 bits per heavy atom. The number of carbonyl (C=O) groups excluding carboxylic acids is 1. The summed E-state index contributed by atoms with van der Waals surface area (Å²) < 4.78 is 8.51. The summed E-state index contributed by atoms with van der Waals surface area (Å²) in [6.07, 6.45) is 8.32. The number of imidazole rings is 1. The molecule has 1 aromatic carbocycles. The van der Waals surface area contributed by atoms with Gasteiger partial charge in [-0.05, 0) is 105 Å². The first-order valence-corrected chi connectivity index (χ1v) is 18.0. The molecule has 2 aliphatic rings. The van der Waals surface area contributed by atoms with Crippen molar-refractivity contribution in [1.82, 2.24) is 19.6 Å². The number of carbonyl (C=O) groups is 1. The molecule has 0 spiro atoms. The molecule has 0 unspecified atom stereocenters. The van der Waals surface area contributed by atoms with Gasteiger partial charge in [0.2, 0.25) is 8.32 Å². The molecule has 208 valence electrons. The quantitative estimate of drug-likeness (QED) is 0.297. The van der Waals surface area contributed by atoms with Gasteiger partial charge >= 0.3 is 0 Å². The number of rotatable bonds is 9. The second-order valence-corrected chi connectivity index (χ2v) is 18.2. The molecule has 2 aliphatic heterocycles. The Hall–Kier alpha value is -2.55. The number of nitrogens with one attached hydrogen (secondary N) is 1. The van der Waals surface area contributed by atoms with Crippen molar-refractivity contribution in [2.24, 2.45) is 5.92 Å². The lowest BCUT2D eigenvalue weighted by molar-refractivity contribution is -0.117. The van der Waals surface area contributed by atoms with Crippen LogP contribution in [0, 0.1) is 5.92 Å². The monoisotopic (exact) mass is 562 g/mol. The van der Waals surface area contributed by atoms with Crippen LogP contribution in [0.1, 0.15) is 51.3 Å². The van der Waals surface area contributed by atoms with Crippen LogP contribution < -0.4 is 9.74 Å². The molecule has 8 heteroatoms. The van der Waals surface area contributed by atoms with Crippen molar-refractivity contribution in [3.63, 3.8) is 0 Å². The van der Waals surface area contributed by atoms with E-state index in [-0.39, 0.29) is 10.9 Å². The molecular weight excluding hydrogens is 521 g/mol. The summed E-state index contributed by atoms with van der Waals surface area (Å²) in [5, 5.41) is 4.44. The van der Waals surface area contributed by atoms with Gasteiger partial charge in [-0.1, -0.05) is 50.7 Å². The zero-order chi connectivity index (χ0) is 27.6. The van der Waals surface area contributed by atoms with Gasteiger partial charge in [-0.25, -0.2) is 4.98 Å². The van der Waals surface area contributed by atoms with Crippen molar-refractivity contribution in [3.8, 4) is 5.75 Å². The van der Waals surface area contributed by atoms with Gasteiger partial charge in [0.25, 0.3) is 5.91 Å². The molecule has 0 aliphatic carbocycles. The van der Waals surface area contributed by atoms with E-state index in [1.807, 2.05) is 30.5 Å². The van der Waals surface area contributed by atoms with Gasteiger partial charge in [0.1, 0.15) is 11.4 Å². The molecule has 1 saturated heterocycles. The van der Waals surface area contributed by atoms with Gasteiger partial charge in [0.15, 0.2) is 0 Å². The van der Waals surface area contributed by atoms with Gasteiger partial charge < -0.3 is 14.6 Å². The number of piperidine rings is 1. The number of aryl methyl sites for hydroxylation is 1. The first-order valence-electron chi connectivity index (χ1n) is 14.2. The lowest BCUT2D eigenvalue weighted by Gasteiger charge is -2.36. The molecule has 0 radical (unpaired) electrons. The molecule has 2 aromatic heterocycles. The second kappa shape index (κ2) is 11.5. The van der Waals surface area contributed by atoms with Crippen molar-refractivity contribution < 1.29 is 9.22 Å². The molecule has 5 rings (SSSR count). The molecule has 4 heterocycles. The van der Waals surface area contributed by atoms with E-state index in [0.717, 1.165) is 72.5 Å². The first-order chi connectivity index (χ1) is 18.6. The van der Waals surface area contributed by atoms with E-state index in [1.165, 1.54) is 23.7 Å². The topological polar surface area (TPSA) is 58.9 Å². The Bertz CT molecular complexity index is 1330. The van der Waals surface area contributed by atoms with E-state index < -0.39 is 8.32 Å². The smallest absolute Gasteiger partial charge is 0.258 e. The van der Waals surface area contributed by atoms with Gasteiger partial charge in [0.05, 0.1) is 21.8 Å². The van der Waals surface area contributed by atoms with Crippen molar-refractivity contribution >= 4 is 37.7 Å². The molecule has 1 N–H and O–H groups in total. The van der Waals surface area contributed by atoms with Crippen LogP contribution in [0.4, 0.5) is 0 Å². The molecule has 1 fully saturated rings. The number of amides is 1. The minimum absolute atomic E-state index is 0.0209. The summed E-state index contributed by atoms with van der Waals surface area (Å²) >= 11 is 1.52. The summed E-state index contributed by atoms with van der Waals surface area (Å²) in [6, 6.07) is 14.8. The minimum atomic E-state index is -1.79. The summed E-state index contributed by atoms with van der Waals surface area (Å²) in [7, 11) is -1.79. The zero-order valence-corrected chi connectivity index (χ0v) is 25.8. The van der Waals surface area contributed by atoms with Gasteiger partial charge in [-0.15, -0.1) is 0 Å². The van der Waals surface area contributed by atoms with Gasteiger partial charge in [-0.3, -0.25) is 9.20 Å². The van der Waals surface area contributed by atoms with E-state index in [1.54, 1.807) is 0 Å². The standard InChI is InChI=1S/C31H42N4O2SSi/c1-31(2,3)39(4,5)37-26-13-11-23(12-14-26)8-7-17-34-18-15-24(16-19-34)21-33-30(36)27-20-25-22-32-28-9-6-10-29(38-27)35(25)28/h6,9-14,20,22,24H,7-8,15-19,21H2,1-5H3,(H,33,36). The predicted molar refractivity (Wildman–Crippen MR) is 164 cm³/mol. The molecule has 0 saturated carbocycles. The van der Waals surface area contributed by atoms with E-state index in [0.29, 0.717) is 5.92 Å². The van der Waals surface area contributed by atoms with Crippen LogP contribution >= 0.6 is 11.8 Å². The summed E-state index contributed by atoms with van der Waals surface area (Å²) in [5.74, 6) is 1.57. The van der Waals surface area contributed by atoms with Gasteiger partial charge in [-0.2, -0.15) is 0 Å². The van der Waals surface area contributed by atoms with Crippen LogP contribution in [0.2, 0.25) is 18.1 Å². The third-order valence-corrected chi connectivity index (χ3v) is 13.9. The van der Waals surface area contributed by atoms with E-state index in [4.69, 9.17) is 4.43 Å². The Morgan fingerprint density at radius 3 is 2.59 bits per heavy atom. The molecular formula is C31H42N4O2SSi. The fourth-order valence-corrected chi connectivity index (χ4v) is 7.05. The predicted octanol–water partition coefficient (Wildman–Crippen LogP) is 6.63. The SMILES string of the molecule is CC(C)(C)[Si](C)(C)Oc1ccc(CCCN2CCC(CNC(=O)C3=Cc4cnc5cccc(n45)S3)CC2)cc1. The largest absolute Gasteiger partial charge is 0.544 e. The van der Waals surface area contributed by atoms with E-state index >= 15 is 0 Å².